The van der Waals surface area contributed by atoms with E-state index in [1.807, 2.05) is 31.2 Å². The number of amides is 1. The van der Waals surface area contributed by atoms with Gasteiger partial charge in [-0.25, -0.2) is 4.68 Å². The summed E-state index contributed by atoms with van der Waals surface area (Å²) in [6.07, 6.45) is 0. The van der Waals surface area contributed by atoms with Gasteiger partial charge in [-0.2, -0.15) is 16.9 Å². The molecule has 0 bridgehead atoms. The maximum absolute atomic E-state index is 12.7. The van der Waals surface area contributed by atoms with E-state index in [0.29, 0.717) is 11.4 Å². The number of carbonyl (C=O) groups is 1. The molecule has 0 radical (unpaired) electrons. The van der Waals surface area contributed by atoms with Crippen molar-refractivity contribution in [3.63, 3.8) is 0 Å². The minimum absolute atomic E-state index is 0.0476. The molecule has 0 aliphatic carbocycles. The number of anilines is 1. The molecule has 1 N–H and O–H groups in total. The van der Waals surface area contributed by atoms with Crippen LogP contribution in [0.15, 0.2) is 48.5 Å². The van der Waals surface area contributed by atoms with Gasteiger partial charge in [0.2, 0.25) is 0 Å². The summed E-state index contributed by atoms with van der Waals surface area (Å²) in [6.45, 7) is 2.01. The standard InChI is InChI=1S/C19H16N4O3S/c1-12-2-6-14(7-3-12)22-18(16-10-27-11-17(16)21-22)20-19(24)13-4-8-15(9-5-13)23(25)26/h2-9H,10-11H2,1H3,(H,20,24). The van der Waals surface area contributed by atoms with Crippen molar-refractivity contribution in [1.29, 1.82) is 0 Å². The number of hydrogen-bond donors (Lipinski definition) is 1. The zero-order chi connectivity index (χ0) is 19.0. The van der Waals surface area contributed by atoms with Gasteiger partial charge in [-0.05, 0) is 31.2 Å². The Kier molecular flexibility index (Phi) is 4.41. The summed E-state index contributed by atoms with van der Waals surface area (Å²) in [6, 6.07) is 13.5. The molecule has 2 heterocycles. The molecular formula is C19H16N4O3S. The van der Waals surface area contributed by atoms with E-state index in [1.165, 1.54) is 24.3 Å². The Labute approximate surface area is 159 Å². The number of thioether (sulfide) groups is 1. The van der Waals surface area contributed by atoms with Crippen molar-refractivity contribution in [2.75, 3.05) is 5.32 Å². The third-order valence-corrected chi connectivity index (χ3v) is 5.37. The summed E-state index contributed by atoms with van der Waals surface area (Å²) in [5, 5.41) is 18.4. The summed E-state index contributed by atoms with van der Waals surface area (Å²) in [4.78, 5) is 23.0. The molecule has 1 amide bonds. The molecule has 27 heavy (non-hydrogen) atoms. The van der Waals surface area contributed by atoms with Gasteiger partial charge in [0, 0.05) is 34.8 Å². The topological polar surface area (TPSA) is 90.1 Å². The highest BCUT2D eigenvalue weighted by molar-refractivity contribution is 7.98. The van der Waals surface area contributed by atoms with E-state index in [9.17, 15) is 14.9 Å². The molecule has 0 atom stereocenters. The van der Waals surface area contributed by atoms with Crippen LogP contribution in [-0.4, -0.2) is 20.6 Å². The zero-order valence-corrected chi connectivity index (χ0v) is 15.3. The minimum Gasteiger partial charge on any atom is -0.306 e. The Balaban J connectivity index is 1.67. The number of aryl methyl sites for hydroxylation is 1. The first-order chi connectivity index (χ1) is 13.0. The van der Waals surface area contributed by atoms with E-state index in [0.717, 1.165) is 34.0 Å². The normalized spacial score (nSPS) is 12.6. The number of fused-ring (bicyclic) bond motifs is 1. The maximum Gasteiger partial charge on any atom is 0.269 e. The van der Waals surface area contributed by atoms with Gasteiger partial charge in [-0.1, -0.05) is 17.7 Å². The van der Waals surface area contributed by atoms with E-state index >= 15 is 0 Å². The molecule has 1 aliphatic heterocycles. The van der Waals surface area contributed by atoms with E-state index in [2.05, 4.69) is 10.4 Å². The average Bonchev–Trinajstić information content (AvgIpc) is 3.25. The second-order valence-electron chi connectivity index (χ2n) is 6.27. The fourth-order valence-corrected chi connectivity index (χ4v) is 3.96. The number of nitrogens with zero attached hydrogens (tertiary/aromatic N) is 3. The molecule has 3 aromatic rings. The molecule has 1 aliphatic rings. The highest BCUT2D eigenvalue weighted by atomic mass is 32.2. The van der Waals surface area contributed by atoms with Gasteiger partial charge in [-0.15, -0.1) is 0 Å². The van der Waals surface area contributed by atoms with Crippen molar-refractivity contribution < 1.29 is 9.72 Å². The first-order valence-corrected chi connectivity index (χ1v) is 9.50. The van der Waals surface area contributed by atoms with E-state index in [1.54, 1.807) is 16.4 Å². The Morgan fingerprint density at radius 3 is 2.52 bits per heavy atom. The summed E-state index contributed by atoms with van der Waals surface area (Å²) in [5.41, 5.74) is 4.32. The second-order valence-corrected chi connectivity index (χ2v) is 7.26. The fourth-order valence-electron chi connectivity index (χ4n) is 2.93. The molecule has 136 valence electrons. The monoisotopic (exact) mass is 380 g/mol. The van der Waals surface area contributed by atoms with Crippen molar-refractivity contribution in [3.05, 3.63) is 81.0 Å². The van der Waals surface area contributed by atoms with E-state index in [-0.39, 0.29) is 11.6 Å². The van der Waals surface area contributed by atoms with Crippen molar-refractivity contribution in [3.8, 4) is 5.69 Å². The van der Waals surface area contributed by atoms with Gasteiger partial charge in [0.15, 0.2) is 0 Å². The SMILES string of the molecule is Cc1ccc(-n2nc3c(c2NC(=O)c2ccc([N+](=O)[O-])cc2)CSC3)cc1. The Hall–Kier alpha value is -3.13. The van der Waals surface area contributed by atoms with Gasteiger partial charge >= 0.3 is 0 Å². The molecule has 0 spiro atoms. The van der Waals surface area contributed by atoms with Crippen LogP contribution in [0.4, 0.5) is 11.5 Å². The predicted octanol–water partition coefficient (Wildman–Crippen LogP) is 4.09. The summed E-state index contributed by atoms with van der Waals surface area (Å²) in [7, 11) is 0. The van der Waals surface area contributed by atoms with Crippen LogP contribution in [0.25, 0.3) is 5.69 Å². The highest BCUT2D eigenvalue weighted by Gasteiger charge is 2.25. The van der Waals surface area contributed by atoms with Crippen LogP contribution in [0, 0.1) is 17.0 Å². The molecule has 2 aromatic carbocycles. The number of aromatic nitrogens is 2. The number of benzene rings is 2. The molecule has 7 nitrogen and oxygen atoms in total. The minimum atomic E-state index is -0.488. The second kappa shape index (κ2) is 6.88. The Morgan fingerprint density at radius 1 is 1.15 bits per heavy atom. The predicted molar refractivity (Wildman–Crippen MR) is 104 cm³/mol. The van der Waals surface area contributed by atoms with Gasteiger partial charge in [0.1, 0.15) is 5.82 Å². The molecule has 8 heteroatoms. The van der Waals surface area contributed by atoms with Crippen molar-refractivity contribution in [2.45, 2.75) is 18.4 Å². The van der Waals surface area contributed by atoms with E-state index in [4.69, 9.17) is 0 Å². The van der Waals surface area contributed by atoms with Crippen LogP contribution in [0.2, 0.25) is 0 Å². The molecular weight excluding hydrogens is 364 g/mol. The Morgan fingerprint density at radius 2 is 1.85 bits per heavy atom. The molecule has 1 aromatic heterocycles. The quantitative estimate of drug-likeness (QED) is 0.544. The lowest BCUT2D eigenvalue weighted by atomic mass is 10.2. The molecule has 0 unspecified atom stereocenters. The number of hydrogen-bond acceptors (Lipinski definition) is 5. The van der Waals surface area contributed by atoms with Crippen LogP contribution in [0.5, 0.6) is 0 Å². The van der Waals surface area contributed by atoms with Gasteiger partial charge < -0.3 is 5.32 Å². The number of non-ortho nitro benzene ring substituents is 1. The van der Waals surface area contributed by atoms with Crippen molar-refractivity contribution in [1.82, 2.24) is 9.78 Å². The average molecular weight is 380 g/mol. The van der Waals surface area contributed by atoms with Gasteiger partial charge in [-0.3, -0.25) is 14.9 Å². The third-order valence-electron chi connectivity index (χ3n) is 4.40. The van der Waals surface area contributed by atoms with Gasteiger partial charge in [0.05, 0.1) is 16.3 Å². The van der Waals surface area contributed by atoms with Crippen molar-refractivity contribution in [2.24, 2.45) is 0 Å². The molecule has 0 fully saturated rings. The van der Waals surface area contributed by atoms with Crippen LogP contribution in [0.3, 0.4) is 0 Å². The molecule has 0 saturated heterocycles. The molecule has 0 saturated carbocycles. The number of nitro groups is 1. The number of nitrogens with one attached hydrogen (secondary N) is 1. The van der Waals surface area contributed by atoms with Crippen molar-refractivity contribution >= 4 is 29.2 Å². The fraction of sp³-hybridized carbons (Fsp3) is 0.158. The maximum atomic E-state index is 12.7. The van der Waals surface area contributed by atoms with Crippen LogP contribution in [0.1, 0.15) is 27.2 Å². The number of rotatable bonds is 4. The smallest absolute Gasteiger partial charge is 0.269 e. The number of nitro benzene ring substituents is 1. The lowest BCUT2D eigenvalue weighted by molar-refractivity contribution is -0.384. The lowest BCUT2D eigenvalue weighted by Gasteiger charge is -2.11. The highest BCUT2D eigenvalue weighted by Crippen LogP contribution is 2.36. The van der Waals surface area contributed by atoms with E-state index < -0.39 is 4.92 Å². The van der Waals surface area contributed by atoms with Crippen LogP contribution >= 0.6 is 11.8 Å². The first kappa shape index (κ1) is 17.3. The van der Waals surface area contributed by atoms with Crippen LogP contribution in [-0.2, 0) is 11.5 Å². The number of carbonyl (C=O) groups excluding carboxylic acids is 1. The summed E-state index contributed by atoms with van der Waals surface area (Å²) < 4.78 is 1.76. The first-order valence-electron chi connectivity index (χ1n) is 8.34. The van der Waals surface area contributed by atoms with Crippen LogP contribution < -0.4 is 5.32 Å². The molecule has 4 rings (SSSR count). The summed E-state index contributed by atoms with van der Waals surface area (Å²) in [5.74, 6) is 1.94. The lowest BCUT2D eigenvalue weighted by Crippen LogP contribution is -2.16. The van der Waals surface area contributed by atoms with Gasteiger partial charge in [0.25, 0.3) is 11.6 Å². The Bertz CT molecular complexity index is 1030. The zero-order valence-electron chi connectivity index (χ0n) is 14.5. The third kappa shape index (κ3) is 3.31. The summed E-state index contributed by atoms with van der Waals surface area (Å²) >= 11 is 1.76. The largest absolute Gasteiger partial charge is 0.306 e.